The third-order valence-corrected chi connectivity index (χ3v) is 5.19. The van der Waals surface area contributed by atoms with Gasteiger partial charge in [-0.3, -0.25) is 9.36 Å². The van der Waals surface area contributed by atoms with Gasteiger partial charge in [0.05, 0.1) is 25.0 Å². The summed E-state index contributed by atoms with van der Waals surface area (Å²) in [5, 5.41) is 15.9. The lowest BCUT2D eigenvalue weighted by Crippen LogP contribution is -2.43. The van der Waals surface area contributed by atoms with Crippen LogP contribution in [0.4, 0.5) is 0 Å². The molecule has 0 bridgehead atoms. The van der Waals surface area contributed by atoms with E-state index in [0.29, 0.717) is 6.54 Å². The van der Waals surface area contributed by atoms with Gasteiger partial charge in [-0.2, -0.15) is 10.2 Å². The van der Waals surface area contributed by atoms with Gasteiger partial charge in [0.2, 0.25) is 0 Å². The van der Waals surface area contributed by atoms with Crippen molar-refractivity contribution < 1.29 is 0 Å². The van der Waals surface area contributed by atoms with Crippen LogP contribution in [-0.2, 0) is 26.6 Å². The van der Waals surface area contributed by atoms with Crippen molar-refractivity contribution in [1.29, 1.82) is 0 Å². The number of hydrogen-bond donors (Lipinski definition) is 2. The molecule has 1 aromatic carbocycles. The minimum atomic E-state index is 0. The van der Waals surface area contributed by atoms with Gasteiger partial charge in [-0.25, -0.2) is 4.99 Å². The first-order chi connectivity index (χ1) is 14.5. The molecule has 2 aromatic heterocycles. The van der Waals surface area contributed by atoms with Gasteiger partial charge in [-0.1, -0.05) is 30.3 Å². The molecule has 168 valence electrons. The monoisotopic (exact) mass is 535 g/mol. The third kappa shape index (κ3) is 7.09. The zero-order chi connectivity index (χ0) is 21.5. The molecule has 0 radical (unpaired) electrons. The lowest BCUT2D eigenvalue weighted by molar-refractivity contribution is 0.635. The van der Waals surface area contributed by atoms with Crippen LogP contribution < -0.4 is 10.6 Å². The molecule has 0 saturated carbocycles. The number of benzene rings is 1. The van der Waals surface area contributed by atoms with Crippen molar-refractivity contribution in [3.63, 3.8) is 0 Å². The lowest BCUT2D eigenvalue weighted by atomic mass is 10.1. The Morgan fingerprint density at radius 1 is 1.16 bits per heavy atom. The number of nitrogens with zero attached hydrogens (tertiary/aromatic N) is 5. The van der Waals surface area contributed by atoms with Crippen LogP contribution in [0.1, 0.15) is 41.9 Å². The number of hydrogen-bond acceptors (Lipinski definition) is 3. The van der Waals surface area contributed by atoms with Crippen molar-refractivity contribution in [2.24, 2.45) is 12.0 Å². The summed E-state index contributed by atoms with van der Waals surface area (Å²) >= 11 is 0. The van der Waals surface area contributed by atoms with Crippen molar-refractivity contribution in [3.05, 3.63) is 70.8 Å². The fourth-order valence-corrected chi connectivity index (χ4v) is 3.54. The maximum Gasteiger partial charge on any atom is 0.191 e. The fourth-order valence-electron chi connectivity index (χ4n) is 3.54. The highest BCUT2D eigenvalue weighted by Crippen LogP contribution is 2.14. The third-order valence-electron chi connectivity index (χ3n) is 5.19. The molecular weight excluding hydrogens is 501 g/mol. The fraction of sp³-hybridized carbons (Fsp3) is 0.435. The number of rotatable bonds is 8. The van der Waals surface area contributed by atoms with Gasteiger partial charge in [0, 0.05) is 37.1 Å². The maximum absolute atomic E-state index is 4.76. The molecule has 1 unspecified atom stereocenters. The van der Waals surface area contributed by atoms with Crippen molar-refractivity contribution in [2.75, 3.05) is 6.54 Å². The van der Waals surface area contributed by atoms with Gasteiger partial charge in [-0.15, -0.1) is 24.0 Å². The van der Waals surface area contributed by atoms with E-state index in [2.05, 4.69) is 66.9 Å². The van der Waals surface area contributed by atoms with E-state index in [0.717, 1.165) is 36.7 Å². The Balaban J connectivity index is 0.00000341. The number of guanidine groups is 1. The molecule has 0 spiro atoms. The van der Waals surface area contributed by atoms with E-state index in [4.69, 9.17) is 4.99 Å². The van der Waals surface area contributed by atoms with Crippen molar-refractivity contribution in [2.45, 2.75) is 53.2 Å². The van der Waals surface area contributed by atoms with Crippen LogP contribution in [0.5, 0.6) is 0 Å². The number of aliphatic imine (C=N–C) groups is 1. The summed E-state index contributed by atoms with van der Waals surface area (Å²) in [6, 6.07) is 10.6. The molecule has 8 heteroatoms. The summed E-state index contributed by atoms with van der Waals surface area (Å²) in [5.74, 6) is 0.819. The average Bonchev–Trinajstić information content (AvgIpc) is 3.26. The molecule has 0 saturated heterocycles. The Morgan fingerprint density at radius 3 is 2.55 bits per heavy atom. The minimum Gasteiger partial charge on any atom is -0.357 e. The summed E-state index contributed by atoms with van der Waals surface area (Å²) < 4.78 is 3.90. The molecule has 1 atom stereocenters. The van der Waals surface area contributed by atoms with E-state index in [9.17, 15) is 0 Å². The zero-order valence-corrected chi connectivity index (χ0v) is 21.4. The van der Waals surface area contributed by atoms with Crippen molar-refractivity contribution >= 4 is 29.9 Å². The molecule has 0 amide bonds. The van der Waals surface area contributed by atoms with E-state index in [-0.39, 0.29) is 30.0 Å². The largest absolute Gasteiger partial charge is 0.357 e. The highest BCUT2D eigenvalue weighted by Gasteiger charge is 2.14. The standard InChI is InChI=1S/C23H33N7.HI/c1-6-24-23(27-17(2)12-22-18(3)28-29(5)19(22)4)25-13-21-14-26-30(16-21)15-20-10-8-7-9-11-20;/h7-11,14,16-17H,6,12-13,15H2,1-5H3,(H2,24,25,27);1H. The second-order valence-electron chi connectivity index (χ2n) is 7.75. The minimum absolute atomic E-state index is 0. The van der Waals surface area contributed by atoms with Gasteiger partial charge in [0.25, 0.3) is 0 Å². The highest BCUT2D eigenvalue weighted by molar-refractivity contribution is 14.0. The van der Waals surface area contributed by atoms with Crippen LogP contribution in [0.3, 0.4) is 0 Å². The molecule has 0 aliphatic rings. The van der Waals surface area contributed by atoms with E-state index in [1.54, 1.807) is 0 Å². The maximum atomic E-state index is 4.76. The molecule has 2 N–H and O–H groups in total. The first kappa shape index (κ1) is 24.9. The SMILES string of the molecule is CCNC(=NCc1cnn(Cc2ccccc2)c1)NC(C)Cc1c(C)nn(C)c1C.I. The second kappa shape index (κ2) is 11.9. The van der Waals surface area contributed by atoms with Crippen LogP contribution in [0.25, 0.3) is 0 Å². The summed E-state index contributed by atoms with van der Waals surface area (Å²) in [6.45, 7) is 10.6. The van der Waals surface area contributed by atoms with E-state index in [1.165, 1.54) is 16.8 Å². The average molecular weight is 535 g/mol. The molecule has 0 aliphatic carbocycles. The number of nitrogens with one attached hydrogen (secondary N) is 2. The van der Waals surface area contributed by atoms with Gasteiger partial charge in [0.15, 0.2) is 5.96 Å². The topological polar surface area (TPSA) is 72.1 Å². The van der Waals surface area contributed by atoms with E-state index < -0.39 is 0 Å². The van der Waals surface area contributed by atoms with Crippen molar-refractivity contribution in [3.8, 4) is 0 Å². The summed E-state index contributed by atoms with van der Waals surface area (Å²) in [7, 11) is 1.99. The Hall–Kier alpha value is -2.36. The number of aryl methyl sites for hydroxylation is 2. The number of halogens is 1. The molecule has 2 heterocycles. The van der Waals surface area contributed by atoms with E-state index >= 15 is 0 Å². The van der Waals surface area contributed by atoms with Crippen molar-refractivity contribution in [1.82, 2.24) is 30.2 Å². The Morgan fingerprint density at radius 2 is 1.90 bits per heavy atom. The van der Waals surface area contributed by atoms with Gasteiger partial charge < -0.3 is 10.6 Å². The lowest BCUT2D eigenvalue weighted by Gasteiger charge is -2.18. The molecule has 3 rings (SSSR count). The molecule has 0 aliphatic heterocycles. The van der Waals surface area contributed by atoms with Crippen LogP contribution in [0, 0.1) is 13.8 Å². The van der Waals surface area contributed by atoms with E-state index in [1.807, 2.05) is 40.8 Å². The predicted molar refractivity (Wildman–Crippen MR) is 137 cm³/mol. The Labute approximate surface area is 202 Å². The Bertz CT molecular complexity index is 975. The molecule has 0 fully saturated rings. The molecule has 3 aromatic rings. The molecular formula is C23H34IN7. The van der Waals surface area contributed by atoms with Gasteiger partial charge in [-0.05, 0) is 45.2 Å². The van der Waals surface area contributed by atoms with Gasteiger partial charge >= 0.3 is 0 Å². The first-order valence-electron chi connectivity index (χ1n) is 10.6. The Kier molecular flexibility index (Phi) is 9.54. The van der Waals surface area contributed by atoms with Crippen LogP contribution in [0.2, 0.25) is 0 Å². The zero-order valence-electron chi connectivity index (χ0n) is 19.1. The normalized spacial score (nSPS) is 12.4. The predicted octanol–water partition coefficient (Wildman–Crippen LogP) is 3.59. The quantitative estimate of drug-likeness (QED) is 0.263. The second-order valence-corrected chi connectivity index (χ2v) is 7.75. The number of aromatic nitrogens is 4. The van der Waals surface area contributed by atoms with Crippen LogP contribution in [0.15, 0.2) is 47.7 Å². The first-order valence-corrected chi connectivity index (χ1v) is 10.6. The molecule has 31 heavy (non-hydrogen) atoms. The highest BCUT2D eigenvalue weighted by atomic mass is 127. The van der Waals surface area contributed by atoms with Crippen LogP contribution in [-0.4, -0.2) is 38.1 Å². The van der Waals surface area contributed by atoms with Gasteiger partial charge in [0.1, 0.15) is 0 Å². The summed E-state index contributed by atoms with van der Waals surface area (Å²) in [6.07, 6.45) is 4.86. The summed E-state index contributed by atoms with van der Waals surface area (Å²) in [5.41, 5.74) is 5.94. The smallest absolute Gasteiger partial charge is 0.191 e. The molecule has 7 nitrogen and oxygen atoms in total. The summed E-state index contributed by atoms with van der Waals surface area (Å²) in [4.78, 5) is 4.76. The van der Waals surface area contributed by atoms with Crippen LogP contribution >= 0.6 is 24.0 Å².